The van der Waals surface area contributed by atoms with Crippen LogP contribution in [-0.2, 0) is 0 Å². The zero-order valence-corrected chi connectivity index (χ0v) is 12.9. The van der Waals surface area contributed by atoms with Crippen LogP contribution < -0.4 is 0 Å². The molecule has 0 unspecified atom stereocenters. The van der Waals surface area contributed by atoms with Crippen molar-refractivity contribution in [2.24, 2.45) is 0 Å². The van der Waals surface area contributed by atoms with Crippen LogP contribution in [0.2, 0.25) is 10.2 Å². The lowest BCUT2D eigenvalue weighted by Gasteiger charge is -2.09. The molecule has 21 heavy (non-hydrogen) atoms. The summed E-state index contributed by atoms with van der Waals surface area (Å²) < 4.78 is 13.2. The number of aryl methyl sites for hydroxylation is 2. The minimum atomic E-state index is -0.289. The van der Waals surface area contributed by atoms with Gasteiger partial charge in [-0.2, -0.15) is 0 Å². The van der Waals surface area contributed by atoms with Crippen molar-refractivity contribution in [2.45, 2.75) is 13.8 Å². The van der Waals surface area contributed by atoms with Gasteiger partial charge in [-0.15, -0.1) is 0 Å². The van der Waals surface area contributed by atoms with Crippen molar-refractivity contribution in [2.75, 3.05) is 0 Å². The molecule has 0 saturated heterocycles. The lowest BCUT2D eigenvalue weighted by molar-refractivity contribution is 0.627. The van der Waals surface area contributed by atoms with Gasteiger partial charge < -0.3 is 0 Å². The third-order valence-corrected chi connectivity index (χ3v) is 4.14. The fourth-order valence-corrected chi connectivity index (χ4v) is 2.65. The number of hydrogen-bond donors (Lipinski definition) is 0. The molecule has 0 amide bonds. The van der Waals surface area contributed by atoms with E-state index in [1.807, 2.05) is 13.8 Å². The monoisotopic (exact) mass is 320 g/mol. The van der Waals surface area contributed by atoms with Crippen LogP contribution >= 0.6 is 23.2 Å². The van der Waals surface area contributed by atoms with Gasteiger partial charge in [-0.05, 0) is 55.3 Å². The first-order valence-electron chi connectivity index (χ1n) is 6.36. The van der Waals surface area contributed by atoms with Gasteiger partial charge in [-0.3, -0.25) is 0 Å². The minimum Gasteiger partial charge on any atom is -0.228 e. The molecule has 2 aromatic carbocycles. The molecule has 106 valence electrons. The normalized spacial score (nSPS) is 11.1. The van der Waals surface area contributed by atoms with Gasteiger partial charge in [0.25, 0.3) is 0 Å². The second-order valence-corrected chi connectivity index (χ2v) is 5.63. The third-order valence-electron chi connectivity index (χ3n) is 3.44. The van der Waals surface area contributed by atoms with Crippen LogP contribution in [0.1, 0.15) is 11.1 Å². The van der Waals surface area contributed by atoms with E-state index < -0.39 is 0 Å². The average molecular weight is 321 g/mol. The summed E-state index contributed by atoms with van der Waals surface area (Å²) >= 11 is 12.4. The molecule has 0 fully saturated rings. The summed E-state index contributed by atoms with van der Waals surface area (Å²) in [6, 6.07) is 8.06. The van der Waals surface area contributed by atoms with Crippen LogP contribution in [0, 0.1) is 19.7 Å². The lowest BCUT2D eigenvalue weighted by Crippen LogP contribution is -1.96. The van der Waals surface area contributed by atoms with Crippen molar-refractivity contribution >= 4 is 34.1 Å². The highest BCUT2D eigenvalue weighted by Crippen LogP contribution is 2.31. The van der Waals surface area contributed by atoms with E-state index in [0.717, 1.165) is 22.1 Å². The quantitative estimate of drug-likeness (QED) is 0.564. The fourth-order valence-electron chi connectivity index (χ4n) is 2.27. The van der Waals surface area contributed by atoms with Crippen LogP contribution in [0.4, 0.5) is 4.39 Å². The standard InChI is InChI=1S/C16H11Cl2FN2/c1-8-7-10(19)3-4-11(8)16-20-14-9(2)13(17)6-5-12(14)15(18)21-16/h3-7H,1-2H3. The Labute approximate surface area is 131 Å². The molecule has 2 nitrogen and oxygen atoms in total. The highest BCUT2D eigenvalue weighted by atomic mass is 35.5. The smallest absolute Gasteiger partial charge is 0.161 e. The Morgan fingerprint density at radius 1 is 1.00 bits per heavy atom. The summed E-state index contributed by atoms with van der Waals surface area (Å²) in [4.78, 5) is 8.88. The molecule has 0 radical (unpaired) electrons. The van der Waals surface area contributed by atoms with Gasteiger partial charge in [0.15, 0.2) is 5.82 Å². The maximum atomic E-state index is 13.2. The van der Waals surface area contributed by atoms with Gasteiger partial charge in [-0.1, -0.05) is 23.2 Å². The molecule has 0 spiro atoms. The van der Waals surface area contributed by atoms with Gasteiger partial charge in [0, 0.05) is 16.0 Å². The molecule has 0 bridgehead atoms. The molecule has 5 heteroatoms. The van der Waals surface area contributed by atoms with Crippen LogP contribution in [0.3, 0.4) is 0 Å². The van der Waals surface area contributed by atoms with Crippen molar-refractivity contribution < 1.29 is 4.39 Å². The van der Waals surface area contributed by atoms with Crippen molar-refractivity contribution in [3.05, 3.63) is 57.5 Å². The number of hydrogen-bond acceptors (Lipinski definition) is 2. The number of aromatic nitrogens is 2. The summed E-state index contributed by atoms with van der Waals surface area (Å²) in [5.74, 6) is 0.178. The fraction of sp³-hybridized carbons (Fsp3) is 0.125. The van der Waals surface area contributed by atoms with E-state index in [1.165, 1.54) is 12.1 Å². The van der Waals surface area contributed by atoms with Gasteiger partial charge in [0.1, 0.15) is 11.0 Å². The van der Waals surface area contributed by atoms with Gasteiger partial charge in [-0.25, -0.2) is 14.4 Å². The molecular weight excluding hydrogens is 310 g/mol. The molecule has 0 aliphatic rings. The number of nitrogens with zero attached hydrogens (tertiary/aromatic N) is 2. The summed E-state index contributed by atoms with van der Waals surface area (Å²) in [6.07, 6.45) is 0. The summed E-state index contributed by atoms with van der Waals surface area (Å²) in [7, 11) is 0. The van der Waals surface area contributed by atoms with E-state index in [2.05, 4.69) is 9.97 Å². The predicted octanol–water partition coefficient (Wildman–Crippen LogP) is 5.36. The zero-order chi connectivity index (χ0) is 15.1. The SMILES string of the molecule is Cc1cc(F)ccc1-c1nc(Cl)c2ccc(Cl)c(C)c2n1. The maximum Gasteiger partial charge on any atom is 0.161 e. The van der Waals surface area contributed by atoms with Crippen LogP contribution in [0.5, 0.6) is 0 Å². The van der Waals surface area contributed by atoms with E-state index >= 15 is 0 Å². The molecule has 1 aromatic heterocycles. The van der Waals surface area contributed by atoms with Crippen LogP contribution in [0.15, 0.2) is 30.3 Å². The average Bonchev–Trinajstić information content (AvgIpc) is 2.43. The van der Waals surface area contributed by atoms with E-state index in [1.54, 1.807) is 18.2 Å². The van der Waals surface area contributed by atoms with Crippen LogP contribution in [-0.4, -0.2) is 9.97 Å². The van der Waals surface area contributed by atoms with Crippen molar-refractivity contribution in [3.63, 3.8) is 0 Å². The largest absolute Gasteiger partial charge is 0.228 e. The Kier molecular flexibility index (Phi) is 3.56. The first-order chi connectivity index (χ1) is 9.97. The van der Waals surface area contributed by atoms with Crippen molar-refractivity contribution in [1.82, 2.24) is 9.97 Å². The maximum absolute atomic E-state index is 13.2. The molecule has 0 atom stereocenters. The molecule has 3 rings (SSSR count). The first-order valence-corrected chi connectivity index (χ1v) is 7.12. The van der Waals surface area contributed by atoms with E-state index in [-0.39, 0.29) is 5.82 Å². The molecule has 0 N–H and O–H groups in total. The molecular formula is C16H11Cl2FN2. The van der Waals surface area contributed by atoms with Crippen LogP contribution in [0.25, 0.3) is 22.3 Å². The highest BCUT2D eigenvalue weighted by Gasteiger charge is 2.13. The van der Waals surface area contributed by atoms with E-state index in [4.69, 9.17) is 23.2 Å². The van der Waals surface area contributed by atoms with Gasteiger partial charge in [0.2, 0.25) is 0 Å². The van der Waals surface area contributed by atoms with E-state index in [9.17, 15) is 4.39 Å². The molecule has 3 aromatic rings. The molecule has 0 aliphatic carbocycles. The molecule has 1 heterocycles. The Balaban J connectivity index is 2.31. The summed E-state index contributed by atoms with van der Waals surface area (Å²) in [5, 5.41) is 1.74. The highest BCUT2D eigenvalue weighted by molar-refractivity contribution is 6.35. The van der Waals surface area contributed by atoms with Gasteiger partial charge >= 0.3 is 0 Å². The van der Waals surface area contributed by atoms with E-state index in [0.29, 0.717) is 21.5 Å². The topological polar surface area (TPSA) is 25.8 Å². The second-order valence-electron chi connectivity index (χ2n) is 4.87. The number of fused-ring (bicyclic) bond motifs is 1. The summed E-state index contributed by atoms with van der Waals surface area (Å²) in [5.41, 5.74) is 3.06. The Hall–Kier alpha value is -1.71. The zero-order valence-electron chi connectivity index (χ0n) is 11.4. The first kappa shape index (κ1) is 14.2. The Bertz CT molecular complexity index is 863. The minimum absolute atomic E-state index is 0.289. The Morgan fingerprint density at radius 3 is 2.48 bits per heavy atom. The molecule has 0 saturated carbocycles. The second kappa shape index (κ2) is 5.24. The number of benzene rings is 2. The number of rotatable bonds is 1. The molecule has 0 aliphatic heterocycles. The number of halogens is 3. The lowest BCUT2D eigenvalue weighted by atomic mass is 10.1. The summed E-state index contributed by atoms with van der Waals surface area (Å²) in [6.45, 7) is 3.69. The third kappa shape index (κ3) is 2.47. The predicted molar refractivity (Wildman–Crippen MR) is 84.4 cm³/mol. The Morgan fingerprint density at radius 2 is 1.76 bits per heavy atom. The van der Waals surface area contributed by atoms with Gasteiger partial charge in [0.05, 0.1) is 5.52 Å². The van der Waals surface area contributed by atoms with Crippen molar-refractivity contribution in [1.29, 1.82) is 0 Å². The van der Waals surface area contributed by atoms with Crippen molar-refractivity contribution in [3.8, 4) is 11.4 Å².